The molecule has 1 aromatic heterocycles. The van der Waals surface area contributed by atoms with E-state index in [4.69, 9.17) is 4.74 Å². The molecule has 0 aliphatic carbocycles. The predicted molar refractivity (Wildman–Crippen MR) is 80.2 cm³/mol. The highest BCUT2D eigenvalue weighted by Gasteiger charge is 2.29. The highest BCUT2D eigenvalue weighted by Crippen LogP contribution is 2.24. The van der Waals surface area contributed by atoms with Crippen LogP contribution in [0.15, 0.2) is 35.7 Å². The van der Waals surface area contributed by atoms with Crippen molar-refractivity contribution in [1.29, 1.82) is 0 Å². The Hall–Kier alpha value is -1.76. The Balaban J connectivity index is 1.73. The Kier molecular flexibility index (Phi) is 4.28. The molecule has 1 N–H and O–H groups in total. The number of aromatic nitrogens is 1. The molecule has 2 aromatic rings. The zero-order valence-corrected chi connectivity index (χ0v) is 12.3. The fraction of sp³-hybridized carbons (Fsp3) is 0.333. The molecule has 1 aliphatic rings. The first-order chi connectivity index (χ1) is 10.2. The van der Waals surface area contributed by atoms with Crippen molar-refractivity contribution in [3.05, 3.63) is 41.4 Å². The number of aliphatic carboxylic acids is 1. The molecule has 110 valence electrons. The van der Waals surface area contributed by atoms with Gasteiger partial charge in [-0.3, -0.25) is 9.69 Å². The molecule has 0 spiro atoms. The van der Waals surface area contributed by atoms with E-state index in [9.17, 15) is 9.90 Å². The molecule has 1 saturated heterocycles. The molecule has 3 rings (SSSR count). The second-order valence-corrected chi connectivity index (χ2v) is 5.77. The van der Waals surface area contributed by atoms with Crippen molar-refractivity contribution in [2.45, 2.75) is 12.6 Å². The monoisotopic (exact) mass is 304 g/mol. The van der Waals surface area contributed by atoms with Crippen LogP contribution in [0.1, 0.15) is 5.69 Å². The van der Waals surface area contributed by atoms with Gasteiger partial charge in [0, 0.05) is 24.0 Å². The number of morpholine rings is 1. The number of carboxylic acids is 1. The lowest BCUT2D eigenvalue weighted by Gasteiger charge is -2.32. The van der Waals surface area contributed by atoms with Gasteiger partial charge in [-0.1, -0.05) is 30.3 Å². The van der Waals surface area contributed by atoms with Crippen molar-refractivity contribution in [1.82, 2.24) is 9.88 Å². The van der Waals surface area contributed by atoms with E-state index in [0.717, 1.165) is 16.3 Å². The van der Waals surface area contributed by atoms with Crippen LogP contribution in [0.3, 0.4) is 0 Å². The quantitative estimate of drug-likeness (QED) is 0.937. The Bertz CT molecular complexity index is 614. The molecule has 21 heavy (non-hydrogen) atoms. The van der Waals surface area contributed by atoms with Crippen molar-refractivity contribution < 1.29 is 14.6 Å². The molecule has 6 heteroatoms. The van der Waals surface area contributed by atoms with Crippen LogP contribution in [0.2, 0.25) is 0 Å². The van der Waals surface area contributed by atoms with Crippen LogP contribution in [0.25, 0.3) is 10.6 Å². The number of nitrogens with zero attached hydrogens (tertiary/aromatic N) is 2. The van der Waals surface area contributed by atoms with Crippen LogP contribution in [-0.2, 0) is 16.1 Å². The molecule has 2 heterocycles. The van der Waals surface area contributed by atoms with Crippen molar-refractivity contribution in [3.8, 4) is 10.6 Å². The van der Waals surface area contributed by atoms with E-state index in [1.165, 1.54) is 0 Å². The van der Waals surface area contributed by atoms with Crippen LogP contribution in [-0.4, -0.2) is 46.8 Å². The fourth-order valence-corrected chi connectivity index (χ4v) is 3.17. The number of hydrogen-bond acceptors (Lipinski definition) is 5. The van der Waals surface area contributed by atoms with Crippen LogP contribution in [0, 0.1) is 0 Å². The molecule has 5 nitrogen and oxygen atoms in total. The molecule has 0 amide bonds. The first-order valence-corrected chi connectivity index (χ1v) is 7.66. The van der Waals surface area contributed by atoms with Gasteiger partial charge in [0.15, 0.2) is 0 Å². The number of carboxylic acid groups (broad SMARTS) is 1. The van der Waals surface area contributed by atoms with E-state index in [1.807, 2.05) is 40.6 Å². The third-order valence-corrected chi connectivity index (χ3v) is 4.40. The normalized spacial score (nSPS) is 19.5. The minimum Gasteiger partial charge on any atom is -0.480 e. The second kappa shape index (κ2) is 6.34. The van der Waals surface area contributed by atoms with Gasteiger partial charge in [0.25, 0.3) is 0 Å². The summed E-state index contributed by atoms with van der Waals surface area (Å²) in [4.78, 5) is 17.8. The van der Waals surface area contributed by atoms with Crippen molar-refractivity contribution in [2.24, 2.45) is 0 Å². The van der Waals surface area contributed by atoms with Crippen LogP contribution in [0.4, 0.5) is 0 Å². The maximum atomic E-state index is 11.2. The lowest BCUT2D eigenvalue weighted by Crippen LogP contribution is -2.49. The number of benzene rings is 1. The van der Waals surface area contributed by atoms with Gasteiger partial charge < -0.3 is 9.84 Å². The number of hydrogen-bond donors (Lipinski definition) is 1. The van der Waals surface area contributed by atoms with Gasteiger partial charge in [0.2, 0.25) is 0 Å². The Morgan fingerprint density at radius 2 is 2.24 bits per heavy atom. The second-order valence-electron chi connectivity index (χ2n) is 4.91. The highest BCUT2D eigenvalue weighted by molar-refractivity contribution is 7.13. The molecule has 1 aromatic carbocycles. The molecule has 0 radical (unpaired) electrons. The zero-order chi connectivity index (χ0) is 14.7. The Morgan fingerprint density at radius 3 is 3.00 bits per heavy atom. The van der Waals surface area contributed by atoms with Gasteiger partial charge in [0.05, 0.1) is 18.9 Å². The standard InChI is InChI=1S/C15H16N2O3S/c18-15(19)13-9-20-7-6-17(13)8-12-10-21-14(16-12)11-4-2-1-3-5-11/h1-5,10,13H,6-9H2,(H,18,19). The fourth-order valence-electron chi connectivity index (χ4n) is 2.36. The van der Waals surface area contributed by atoms with Gasteiger partial charge in [-0.15, -0.1) is 11.3 Å². The summed E-state index contributed by atoms with van der Waals surface area (Å²) >= 11 is 1.58. The van der Waals surface area contributed by atoms with Gasteiger partial charge in [0.1, 0.15) is 11.0 Å². The highest BCUT2D eigenvalue weighted by atomic mass is 32.1. The molecule has 1 atom stereocenters. The van der Waals surface area contributed by atoms with Crippen LogP contribution < -0.4 is 0 Å². The van der Waals surface area contributed by atoms with Crippen LogP contribution in [0.5, 0.6) is 0 Å². The largest absolute Gasteiger partial charge is 0.480 e. The summed E-state index contributed by atoms with van der Waals surface area (Å²) in [5, 5.41) is 12.2. The van der Waals surface area contributed by atoms with E-state index in [2.05, 4.69) is 4.98 Å². The summed E-state index contributed by atoms with van der Waals surface area (Å²) in [5.41, 5.74) is 2.00. The average Bonchev–Trinajstić information content (AvgIpc) is 2.97. The minimum absolute atomic E-state index is 0.241. The van der Waals surface area contributed by atoms with E-state index in [-0.39, 0.29) is 6.61 Å². The first-order valence-electron chi connectivity index (χ1n) is 6.78. The van der Waals surface area contributed by atoms with Gasteiger partial charge in [-0.25, -0.2) is 4.98 Å². The summed E-state index contributed by atoms with van der Waals surface area (Å²) in [5.74, 6) is -0.840. The van der Waals surface area contributed by atoms with E-state index in [0.29, 0.717) is 19.7 Å². The number of ether oxygens (including phenoxy) is 1. The summed E-state index contributed by atoms with van der Waals surface area (Å²) in [6.07, 6.45) is 0. The first kappa shape index (κ1) is 14.2. The lowest BCUT2D eigenvalue weighted by atomic mass is 10.2. The van der Waals surface area contributed by atoms with Gasteiger partial charge in [-0.2, -0.15) is 0 Å². The third kappa shape index (κ3) is 3.29. The topological polar surface area (TPSA) is 62.7 Å². The van der Waals surface area contributed by atoms with Crippen molar-refractivity contribution in [2.75, 3.05) is 19.8 Å². The molecule has 1 aliphatic heterocycles. The Labute approximate surface area is 126 Å². The van der Waals surface area contributed by atoms with Gasteiger partial charge in [-0.05, 0) is 0 Å². The number of rotatable bonds is 4. The van der Waals surface area contributed by atoms with E-state index < -0.39 is 12.0 Å². The molecular formula is C15H16N2O3S. The van der Waals surface area contributed by atoms with Gasteiger partial charge >= 0.3 is 5.97 Å². The van der Waals surface area contributed by atoms with E-state index in [1.54, 1.807) is 11.3 Å². The Morgan fingerprint density at radius 1 is 1.43 bits per heavy atom. The molecule has 0 saturated carbocycles. The van der Waals surface area contributed by atoms with E-state index >= 15 is 0 Å². The number of carbonyl (C=O) groups is 1. The molecular weight excluding hydrogens is 288 g/mol. The smallest absolute Gasteiger partial charge is 0.323 e. The number of thiazole rings is 1. The van der Waals surface area contributed by atoms with Crippen molar-refractivity contribution >= 4 is 17.3 Å². The maximum Gasteiger partial charge on any atom is 0.323 e. The maximum absolute atomic E-state index is 11.2. The summed E-state index contributed by atoms with van der Waals surface area (Å²) < 4.78 is 5.25. The van der Waals surface area contributed by atoms with Crippen molar-refractivity contribution in [3.63, 3.8) is 0 Å². The summed E-state index contributed by atoms with van der Waals surface area (Å²) in [6, 6.07) is 9.41. The minimum atomic E-state index is -0.840. The third-order valence-electron chi connectivity index (χ3n) is 3.46. The lowest BCUT2D eigenvalue weighted by molar-refractivity contribution is -0.150. The molecule has 1 fully saturated rings. The zero-order valence-electron chi connectivity index (χ0n) is 11.4. The SMILES string of the molecule is O=C(O)C1COCCN1Cc1csc(-c2ccccc2)n1. The molecule has 1 unspecified atom stereocenters. The molecule has 0 bridgehead atoms. The predicted octanol–water partition coefficient (Wildman–Crippen LogP) is 2.10. The summed E-state index contributed by atoms with van der Waals surface area (Å²) in [6.45, 7) is 1.98. The average molecular weight is 304 g/mol. The van der Waals surface area contributed by atoms with Crippen LogP contribution >= 0.6 is 11.3 Å². The summed E-state index contributed by atoms with van der Waals surface area (Å²) in [7, 11) is 0.